The molecule has 1 aliphatic rings. The van der Waals surface area contributed by atoms with E-state index in [0.717, 1.165) is 5.56 Å². The zero-order valence-electron chi connectivity index (χ0n) is 9.61. The average Bonchev–Trinajstić information content (AvgIpc) is 2.64. The maximum atomic E-state index is 11.5. The van der Waals surface area contributed by atoms with Crippen LogP contribution in [0.4, 0.5) is 0 Å². The van der Waals surface area contributed by atoms with E-state index < -0.39 is 5.97 Å². The number of carbonyl (C=O) groups excluding carboxylic acids is 1. The van der Waals surface area contributed by atoms with Crippen molar-refractivity contribution >= 4 is 29.5 Å². The van der Waals surface area contributed by atoms with Crippen molar-refractivity contribution in [3.63, 3.8) is 0 Å². The van der Waals surface area contributed by atoms with Gasteiger partial charge in [0.25, 0.3) is 0 Å². The SMILES string of the molecule is CC(C)C1=N/C(=C/c2ccc(Cl)cc2)C(=O)O1. The summed E-state index contributed by atoms with van der Waals surface area (Å²) in [6.07, 6.45) is 1.69. The Hall–Kier alpha value is -1.61. The predicted octanol–water partition coefficient (Wildman–Crippen LogP) is 3.29. The van der Waals surface area contributed by atoms with Crippen LogP contribution in [-0.2, 0) is 9.53 Å². The summed E-state index contributed by atoms with van der Waals surface area (Å²) in [6.45, 7) is 3.86. The minimum atomic E-state index is -0.399. The number of aliphatic imine (C=N–C) groups is 1. The molecule has 0 fully saturated rings. The smallest absolute Gasteiger partial charge is 0.363 e. The first kappa shape index (κ1) is 11.9. The molecule has 1 aromatic carbocycles. The zero-order chi connectivity index (χ0) is 12.4. The quantitative estimate of drug-likeness (QED) is 0.596. The molecule has 0 aromatic heterocycles. The molecule has 3 nitrogen and oxygen atoms in total. The Kier molecular flexibility index (Phi) is 3.29. The number of nitrogens with zero attached hydrogens (tertiary/aromatic N) is 1. The van der Waals surface area contributed by atoms with E-state index in [1.165, 1.54) is 0 Å². The molecule has 1 heterocycles. The van der Waals surface area contributed by atoms with Crippen LogP contribution in [0, 0.1) is 5.92 Å². The topological polar surface area (TPSA) is 38.7 Å². The summed E-state index contributed by atoms with van der Waals surface area (Å²) in [7, 11) is 0. The molecule has 1 aliphatic heterocycles. The van der Waals surface area contributed by atoms with E-state index in [1.54, 1.807) is 18.2 Å². The standard InChI is InChI=1S/C13H12ClNO2/c1-8(2)12-15-11(13(16)17-12)7-9-3-5-10(14)6-4-9/h3-8H,1-2H3/b11-7+. The summed E-state index contributed by atoms with van der Waals surface area (Å²) in [6, 6.07) is 7.18. The number of rotatable bonds is 2. The fraction of sp³-hybridized carbons (Fsp3) is 0.231. The molecule has 2 rings (SSSR count). The van der Waals surface area contributed by atoms with Gasteiger partial charge in [-0.3, -0.25) is 0 Å². The number of carbonyl (C=O) groups is 1. The summed E-state index contributed by atoms with van der Waals surface area (Å²) in [5.41, 5.74) is 1.20. The van der Waals surface area contributed by atoms with E-state index in [2.05, 4.69) is 4.99 Å². The van der Waals surface area contributed by atoms with Crippen LogP contribution in [0.2, 0.25) is 5.02 Å². The lowest BCUT2D eigenvalue weighted by Crippen LogP contribution is -2.09. The molecule has 0 saturated carbocycles. The van der Waals surface area contributed by atoms with Gasteiger partial charge in [-0.2, -0.15) is 0 Å². The summed E-state index contributed by atoms with van der Waals surface area (Å²) >= 11 is 5.78. The number of halogens is 1. The Morgan fingerprint density at radius 3 is 2.47 bits per heavy atom. The van der Waals surface area contributed by atoms with Crippen molar-refractivity contribution in [2.45, 2.75) is 13.8 Å². The number of esters is 1. The minimum absolute atomic E-state index is 0.107. The molecule has 0 radical (unpaired) electrons. The first-order chi connectivity index (χ1) is 8.06. The largest absolute Gasteiger partial charge is 0.407 e. The first-order valence-corrected chi connectivity index (χ1v) is 5.72. The van der Waals surface area contributed by atoms with Crippen LogP contribution in [0.15, 0.2) is 35.0 Å². The molecule has 0 atom stereocenters. The van der Waals surface area contributed by atoms with Gasteiger partial charge in [-0.25, -0.2) is 9.79 Å². The number of hydrogen-bond donors (Lipinski definition) is 0. The van der Waals surface area contributed by atoms with Gasteiger partial charge in [0.2, 0.25) is 5.90 Å². The lowest BCUT2D eigenvalue weighted by atomic mass is 10.2. The number of cyclic esters (lactones) is 1. The Morgan fingerprint density at radius 2 is 1.94 bits per heavy atom. The van der Waals surface area contributed by atoms with E-state index in [1.807, 2.05) is 26.0 Å². The van der Waals surface area contributed by atoms with Crippen molar-refractivity contribution in [2.24, 2.45) is 10.9 Å². The zero-order valence-corrected chi connectivity index (χ0v) is 10.4. The van der Waals surface area contributed by atoms with Gasteiger partial charge >= 0.3 is 5.97 Å². The van der Waals surface area contributed by atoms with E-state index in [9.17, 15) is 4.79 Å². The molecule has 0 bridgehead atoms. The second kappa shape index (κ2) is 4.72. The van der Waals surface area contributed by atoms with Crippen molar-refractivity contribution in [3.05, 3.63) is 40.5 Å². The van der Waals surface area contributed by atoms with Gasteiger partial charge in [0.05, 0.1) is 0 Å². The lowest BCUT2D eigenvalue weighted by molar-refractivity contribution is -0.130. The highest BCUT2D eigenvalue weighted by molar-refractivity contribution is 6.30. The van der Waals surface area contributed by atoms with E-state index in [-0.39, 0.29) is 5.92 Å². The van der Waals surface area contributed by atoms with Crippen LogP contribution in [-0.4, -0.2) is 11.9 Å². The molecule has 1 aromatic rings. The average molecular weight is 250 g/mol. The second-order valence-corrected chi connectivity index (χ2v) is 4.51. The fourth-order valence-corrected chi connectivity index (χ4v) is 1.52. The van der Waals surface area contributed by atoms with Crippen molar-refractivity contribution < 1.29 is 9.53 Å². The van der Waals surface area contributed by atoms with Crippen LogP contribution in [0.5, 0.6) is 0 Å². The third-order valence-corrected chi connectivity index (χ3v) is 2.56. The maximum absolute atomic E-state index is 11.5. The van der Waals surface area contributed by atoms with Crippen molar-refractivity contribution in [1.29, 1.82) is 0 Å². The van der Waals surface area contributed by atoms with Gasteiger partial charge in [0.15, 0.2) is 5.70 Å². The molecule has 17 heavy (non-hydrogen) atoms. The van der Waals surface area contributed by atoms with E-state index >= 15 is 0 Å². The Labute approximate surface area is 105 Å². The van der Waals surface area contributed by atoms with Crippen molar-refractivity contribution in [2.75, 3.05) is 0 Å². The van der Waals surface area contributed by atoms with Gasteiger partial charge < -0.3 is 4.74 Å². The summed E-state index contributed by atoms with van der Waals surface area (Å²) in [5, 5.41) is 0.660. The lowest BCUT2D eigenvalue weighted by Gasteiger charge is -1.99. The summed E-state index contributed by atoms with van der Waals surface area (Å²) in [4.78, 5) is 15.7. The summed E-state index contributed by atoms with van der Waals surface area (Å²) in [5.74, 6) is 0.175. The first-order valence-electron chi connectivity index (χ1n) is 5.34. The van der Waals surface area contributed by atoms with E-state index in [0.29, 0.717) is 16.6 Å². The second-order valence-electron chi connectivity index (χ2n) is 4.08. The van der Waals surface area contributed by atoms with Crippen molar-refractivity contribution in [1.82, 2.24) is 0 Å². The Balaban J connectivity index is 2.28. The molecular formula is C13H12ClNO2. The normalized spacial score (nSPS) is 17.5. The van der Waals surface area contributed by atoms with Gasteiger partial charge in [0, 0.05) is 10.9 Å². The highest BCUT2D eigenvalue weighted by atomic mass is 35.5. The third kappa shape index (κ3) is 2.74. The molecule has 0 saturated heterocycles. The number of benzene rings is 1. The van der Waals surface area contributed by atoms with Crippen molar-refractivity contribution in [3.8, 4) is 0 Å². The van der Waals surface area contributed by atoms with Crippen LogP contribution < -0.4 is 0 Å². The van der Waals surface area contributed by atoms with Gasteiger partial charge in [0.1, 0.15) is 0 Å². The number of ether oxygens (including phenoxy) is 1. The molecule has 0 amide bonds. The molecule has 0 aliphatic carbocycles. The van der Waals surface area contributed by atoms with Crippen LogP contribution in [0.25, 0.3) is 6.08 Å². The van der Waals surface area contributed by atoms with Gasteiger partial charge in [-0.1, -0.05) is 37.6 Å². The molecule has 0 spiro atoms. The Bertz CT molecular complexity index is 501. The Morgan fingerprint density at radius 1 is 1.29 bits per heavy atom. The molecule has 0 unspecified atom stereocenters. The van der Waals surface area contributed by atoms with Gasteiger partial charge in [-0.15, -0.1) is 0 Å². The summed E-state index contributed by atoms with van der Waals surface area (Å²) < 4.78 is 5.05. The fourth-order valence-electron chi connectivity index (χ4n) is 1.39. The molecule has 4 heteroatoms. The van der Waals surface area contributed by atoms with Gasteiger partial charge in [-0.05, 0) is 23.8 Å². The maximum Gasteiger partial charge on any atom is 0.363 e. The van der Waals surface area contributed by atoms with Crippen LogP contribution in [0.1, 0.15) is 19.4 Å². The predicted molar refractivity (Wildman–Crippen MR) is 67.8 cm³/mol. The van der Waals surface area contributed by atoms with E-state index in [4.69, 9.17) is 16.3 Å². The minimum Gasteiger partial charge on any atom is -0.407 e. The highest BCUT2D eigenvalue weighted by Gasteiger charge is 2.24. The van der Waals surface area contributed by atoms with Crippen LogP contribution >= 0.6 is 11.6 Å². The molecule has 0 N–H and O–H groups in total. The molecular weight excluding hydrogens is 238 g/mol. The highest BCUT2D eigenvalue weighted by Crippen LogP contribution is 2.19. The van der Waals surface area contributed by atoms with Crippen LogP contribution in [0.3, 0.4) is 0 Å². The molecule has 88 valence electrons. The third-order valence-electron chi connectivity index (χ3n) is 2.30. The number of hydrogen-bond acceptors (Lipinski definition) is 3. The monoisotopic (exact) mass is 249 g/mol.